The summed E-state index contributed by atoms with van der Waals surface area (Å²) in [7, 11) is 1.61. The lowest BCUT2D eigenvalue weighted by atomic mass is 9.65. The number of methoxy groups -OCH3 is 1. The minimum absolute atomic E-state index is 0.0445. The Morgan fingerprint density at radius 1 is 1.23 bits per heavy atom. The molecule has 2 N–H and O–H groups in total. The molecule has 3 rings (SSSR count). The minimum atomic E-state index is -0.932. The second kappa shape index (κ2) is 9.57. The van der Waals surface area contributed by atoms with Gasteiger partial charge >= 0.3 is 6.03 Å². The summed E-state index contributed by atoms with van der Waals surface area (Å²) >= 11 is 0. The molecule has 2 fully saturated rings. The molecule has 0 aromatic heterocycles. The van der Waals surface area contributed by atoms with Gasteiger partial charge < -0.3 is 19.9 Å². The Bertz CT molecular complexity index is 769. The van der Waals surface area contributed by atoms with Gasteiger partial charge in [-0.2, -0.15) is 0 Å². The van der Waals surface area contributed by atoms with Crippen molar-refractivity contribution >= 4 is 11.9 Å². The first-order chi connectivity index (χ1) is 14.7. The van der Waals surface area contributed by atoms with E-state index in [1.807, 2.05) is 24.3 Å². The zero-order valence-electron chi connectivity index (χ0n) is 19.1. The number of hydrogen-bond acceptors (Lipinski definition) is 5. The van der Waals surface area contributed by atoms with Gasteiger partial charge in [-0.15, -0.1) is 0 Å². The molecule has 0 bridgehead atoms. The van der Waals surface area contributed by atoms with Gasteiger partial charge in [0.25, 0.3) is 5.91 Å². The second-order valence-electron chi connectivity index (χ2n) is 9.56. The van der Waals surface area contributed by atoms with Crippen LogP contribution in [0.4, 0.5) is 4.79 Å². The number of rotatable bonds is 9. The van der Waals surface area contributed by atoms with Gasteiger partial charge in [-0.3, -0.25) is 9.69 Å². The normalized spacial score (nSPS) is 25.1. The quantitative estimate of drug-likeness (QED) is 0.583. The molecule has 31 heavy (non-hydrogen) atoms. The lowest BCUT2D eigenvalue weighted by Crippen LogP contribution is -2.51. The van der Waals surface area contributed by atoms with E-state index in [-0.39, 0.29) is 24.5 Å². The summed E-state index contributed by atoms with van der Waals surface area (Å²) in [5.41, 5.74) is 0.388. The highest BCUT2D eigenvalue weighted by Gasteiger charge is 2.53. The van der Waals surface area contributed by atoms with Gasteiger partial charge in [0.2, 0.25) is 0 Å². The van der Waals surface area contributed by atoms with Gasteiger partial charge in [0.05, 0.1) is 33.0 Å². The molecule has 7 nitrogen and oxygen atoms in total. The van der Waals surface area contributed by atoms with E-state index >= 15 is 0 Å². The van der Waals surface area contributed by atoms with Crippen LogP contribution < -0.4 is 10.1 Å². The smallest absolute Gasteiger partial charge is 0.325 e. The summed E-state index contributed by atoms with van der Waals surface area (Å²) < 4.78 is 10.7. The SMILES string of the molecule is CCC(C)(C)C1CCC2(CC1)NC(=O)N(C[C@H](O)COCc1ccc(OC)cc1)C2=O. The van der Waals surface area contributed by atoms with Crippen molar-refractivity contribution in [2.45, 2.75) is 71.1 Å². The van der Waals surface area contributed by atoms with E-state index in [1.165, 1.54) is 0 Å². The number of nitrogens with one attached hydrogen (secondary N) is 1. The maximum absolute atomic E-state index is 13.1. The van der Waals surface area contributed by atoms with Crippen molar-refractivity contribution in [1.29, 1.82) is 0 Å². The third kappa shape index (κ3) is 5.21. The van der Waals surface area contributed by atoms with Crippen molar-refractivity contribution in [1.82, 2.24) is 10.2 Å². The minimum Gasteiger partial charge on any atom is -0.497 e. The second-order valence-corrected chi connectivity index (χ2v) is 9.56. The van der Waals surface area contributed by atoms with E-state index in [2.05, 4.69) is 26.1 Å². The molecule has 1 aromatic carbocycles. The number of nitrogens with zero attached hydrogens (tertiary/aromatic N) is 1. The summed E-state index contributed by atoms with van der Waals surface area (Å²) in [5.74, 6) is 1.11. The van der Waals surface area contributed by atoms with Crippen LogP contribution in [0.3, 0.4) is 0 Å². The number of hydrogen-bond donors (Lipinski definition) is 2. The van der Waals surface area contributed by atoms with E-state index in [4.69, 9.17) is 9.47 Å². The first-order valence-corrected chi connectivity index (χ1v) is 11.2. The first-order valence-electron chi connectivity index (χ1n) is 11.2. The first kappa shape index (κ1) is 23.5. The van der Waals surface area contributed by atoms with Crippen LogP contribution in [0.2, 0.25) is 0 Å². The van der Waals surface area contributed by atoms with Crippen molar-refractivity contribution in [2.75, 3.05) is 20.3 Å². The Balaban J connectivity index is 1.49. The molecule has 1 aliphatic carbocycles. The zero-order chi connectivity index (χ0) is 22.6. The number of carbonyl (C=O) groups is 2. The van der Waals surface area contributed by atoms with Crippen molar-refractivity contribution in [3.8, 4) is 5.75 Å². The monoisotopic (exact) mass is 432 g/mol. The van der Waals surface area contributed by atoms with Gasteiger partial charge in [-0.05, 0) is 54.7 Å². The summed E-state index contributed by atoms with van der Waals surface area (Å²) in [5, 5.41) is 13.3. The van der Waals surface area contributed by atoms with E-state index in [0.29, 0.717) is 25.4 Å². The van der Waals surface area contributed by atoms with Crippen LogP contribution in [-0.2, 0) is 16.1 Å². The molecular formula is C24H36N2O5. The largest absolute Gasteiger partial charge is 0.497 e. The number of β-amino-alcohol motifs (C(OH)–C–C–N with tert-alkyl or cyclic N) is 1. The summed E-state index contributed by atoms with van der Waals surface area (Å²) in [6, 6.07) is 7.06. The Labute approximate surface area is 185 Å². The molecule has 1 saturated carbocycles. The molecule has 1 aliphatic heterocycles. The maximum atomic E-state index is 13.1. The molecule has 1 saturated heterocycles. The fourth-order valence-corrected chi connectivity index (χ4v) is 4.66. The topological polar surface area (TPSA) is 88.1 Å². The summed E-state index contributed by atoms with van der Waals surface area (Å²) in [6.45, 7) is 7.08. The van der Waals surface area contributed by atoms with Crippen molar-refractivity contribution in [3.63, 3.8) is 0 Å². The molecule has 0 radical (unpaired) electrons. The number of ether oxygens (including phenoxy) is 2. The van der Waals surface area contributed by atoms with E-state index in [9.17, 15) is 14.7 Å². The van der Waals surface area contributed by atoms with Gasteiger partial charge in [0.1, 0.15) is 11.3 Å². The van der Waals surface area contributed by atoms with Gasteiger partial charge in [0, 0.05) is 0 Å². The van der Waals surface area contributed by atoms with Gasteiger partial charge in [0.15, 0.2) is 0 Å². The highest BCUT2D eigenvalue weighted by Crippen LogP contribution is 2.45. The lowest BCUT2D eigenvalue weighted by molar-refractivity contribution is -0.134. The highest BCUT2D eigenvalue weighted by molar-refractivity contribution is 6.07. The van der Waals surface area contributed by atoms with Crippen LogP contribution >= 0.6 is 0 Å². The van der Waals surface area contributed by atoms with E-state index < -0.39 is 17.7 Å². The molecular weight excluding hydrogens is 396 g/mol. The molecule has 1 spiro atoms. The third-order valence-electron chi connectivity index (χ3n) is 7.23. The maximum Gasteiger partial charge on any atom is 0.325 e. The number of amides is 3. The molecule has 1 atom stereocenters. The molecule has 3 amide bonds. The lowest BCUT2D eigenvalue weighted by Gasteiger charge is -2.42. The highest BCUT2D eigenvalue weighted by atomic mass is 16.5. The van der Waals surface area contributed by atoms with Crippen LogP contribution in [0.1, 0.15) is 58.4 Å². The number of imide groups is 1. The third-order valence-corrected chi connectivity index (χ3v) is 7.23. The number of aliphatic hydroxyl groups excluding tert-OH is 1. The Morgan fingerprint density at radius 3 is 2.45 bits per heavy atom. The van der Waals surface area contributed by atoms with Crippen LogP contribution in [0.15, 0.2) is 24.3 Å². The van der Waals surface area contributed by atoms with Gasteiger partial charge in [-0.25, -0.2) is 4.79 Å². The zero-order valence-corrected chi connectivity index (χ0v) is 19.1. The van der Waals surface area contributed by atoms with Crippen LogP contribution in [0.5, 0.6) is 5.75 Å². The number of aliphatic hydroxyl groups is 1. The van der Waals surface area contributed by atoms with Crippen LogP contribution in [0, 0.1) is 11.3 Å². The molecule has 7 heteroatoms. The standard InChI is InChI=1S/C24H36N2O5/c1-5-23(2,3)18-10-12-24(13-11-18)21(28)26(22(29)25-24)14-19(27)16-31-15-17-6-8-20(30-4)9-7-17/h6-9,18-19,27H,5,10-16H2,1-4H3,(H,25,29)/t18?,19-,24?/m0/s1. The number of carbonyl (C=O) groups excluding carboxylic acids is 2. The molecule has 0 unspecified atom stereocenters. The Kier molecular flexibility index (Phi) is 7.27. The van der Waals surface area contributed by atoms with Crippen molar-refractivity contribution < 1.29 is 24.2 Å². The Hall–Kier alpha value is -2.12. The van der Waals surface area contributed by atoms with Crippen molar-refractivity contribution in [2.24, 2.45) is 11.3 Å². The number of urea groups is 1. The average Bonchev–Trinajstić information content (AvgIpc) is 2.98. The summed E-state index contributed by atoms with van der Waals surface area (Å²) in [4.78, 5) is 26.8. The molecule has 1 aromatic rings. The van der Waals surface area contributed by atoms with Crippen molar-refractivity contribution in [3.05, 3.63) is 29.8 Å². The van der Waals surface area contributed by atoms with Gasteiger partial charge in [-0.1, -0.05) is 39.3 Å². The van der Waals surface area contributed by atoms with E-state index in [1.54, 1.807) is 7.11 Å². The Morgan fingerprint density at radius 2 is 1.87 bits per heavy atom. The molecule has 1 heterocycles. The number of benzene rings is 1. The predicted octanol–water partition coefficient (Wildman–Crippen LogP) is 3.49. The van der Waals surface area contributed by atoms with Crippen LogP contribution in [0.25, 0.3) is 0 Å². The van der Waals surface area contributed by atoms with Crippen LogP contribution in [-0.4, -0.2) is 53.8 Å². The summed E-state index contributed by atoms with van der Waals surface area (Å²) in [6.07, 6.45) is 3.33. The fourth-order valence-electron chi connectivity index (χ4n) is 4.66. The van der Waals surface area contributed by atoms with E-state index in [0.717, 1.165) is 35.5 Å². The average molecular weight is 433 g/mol. The fraction of sp³-hybridized carbons (Fsp3) is 0.667. The molecule has 172 valence electrons. The predicted molar refractivity (Wildman–Crippen MR) is 118 cm³/mol. The molecule has 2 aliphatic rings.